The van der Waals surface area contributed by atoms with Crippen LogP contribution in [0.1, 0.15) is 25.8 Å². The van der Waals surface area contributed by atoms with Gasteiger partial charge in [-0.15, -0.1) is 0 Å². The summed E-state index contributed by atoms with van der Waals surface area (Å²) in [5, 5.41) is 6.42. The van der Waals surface area contributed by atoms with E-state index in [1.54, 1.807) is 37.4 Å². The van der Waals surface area contributed by atoms with Gasteiger partial charge in [-0.05, 0) is 56.5 Å². The van der Waals surface area contributed by atoms with Gasteiger partial charge in [0.05, 0.1) is 23.9 Å². The zero-order valence-electron chi connectivity index (χ0n) is 18.6. The topological polar surface area (TPSA) is 89.0 Å². The first-order valence-corrected chi connectivity index (χ1v) is 12.3. The molecule has 8 heteroatoms. The molecule has 0 aliphatic rings. The molecule has 0 aliphatic carbocycles. The summed E-state index contributed by atoms with van der Waals surface area (Å²) in [6, 6.07) is 14.5. The zero-order chi connectivity index (χ0) is 22.5. The van der Waals surface area contributed by atoms with Gasteiger partial charge in [0, 0.05) is 20.1 Å². The van der Waals surface area contributed by atoms with Crippen LogP contribution in [0.5, 0.6) is 11.5 Å². The Labute approximate surface area is 185 Å². The zero-order valence-corrected chi connectivity index (χ0v) is 19.4. The van der Waals surface area contributed by atoms with Gasteiger partial charge in [0.1, 0.15) is 0 Å². The monoisotopic (exact) mass is 447 g/mol. The third-order valence-electron chi connectivity index (χ3n) is 4.52. The first kappa shape index (κ1) is 24.5. The fourth-order valence-electron chi connectivity index (χ4n) is 3.01. The van der Waals surface area contributed by atoms with Gasteiger partial charge in [-0.3, -0.25) is 4.99 Å². The lowest BCUT2D eigenvalue weighted by atomic mass is 10.1. The maximum Gasteiger partial charge on any atom is 0.190 e. The molecule has 31 heavy (non-hydrogen) atoms. The Bertz CT molecular complexity index is 931. The number of aliphatic imine (C=N–C) groups is 1. The highest BCUT2D eigenvalue weighted by molar-refractivity contribution is 7.91. The van der Waals surface area contributed by atoms with Gasteiger partial charge >= 0.3 is 0 Å². The summed E-state index contributed by atoms with van der Waals surface area (Å²) in [5.74, 6) is 2.24. The van der Waals surface area contributed by atoms with Crippen molar-refractivity contribution >= 4 is 15.8 Å². The van der Waals surface area contributed by atoms with E-state index in [1.165, 1.54) is 0 Å². The van der Waals surface area contributed by atoms with E-state index in [1.807, 2.05) is 32.0 Å². The highest BCUT2D eigenvalue weighted by Crippen LogP contribution is 2.28. The number of hydrogen-bond acceptors (Lipinski definition) is 5. The molecule has 0 aliphatic heterocycles. The molecule has 2 aromatic carbocycles. The van der Waals surface area contributed by atoms with Crippen molar-refractivity contribution in [3.8, 4) is 11.5 Å². The van der Waals surface area contributed by atoms with Crippen LogP contribution in [0.3, 0.4) is 0 Å². The molecule has 0 heterocycles. The Hall–Kier alpha value is -2.74. The van der Waals surface area contributed by atoms with Crippen LogP contribution >= 0.6 is 0 Å². The van der Waals surface area contributed by atoms with E-state index in [-0.39, 0.29) is 5.75 Å². The minimum atomic E-state index is -3.26. The third-order valence-corrected chi connectivity index (χ3v) is 6.34. The van der Waals surface area contributed by atoms with E-state index in [0.29, 0.717) is 43.6 Å². The molecule has 0 radical (unpaired) electrons. The highest BCUT2D eigenvalue weighted by Gasteiger charge is 2.13. The number of hydrogen-bond donors (Lipinski definition) is 2. The van der Waals surface area contributed by atoms with Crippen molar-refractivity contribution in [1.29, 1.82) is 0 Å². The van der Waals surface area contributed by atoms with Gasteiger partial charge in [-0.2, -0.15) is 0 Å². The van der Waals surface area contributed by atoms with E-state index in [4.69, 9.17) is 9.47 Å². The van der Waals surface area contributed by atoms with Crippen LogP contribution in [-0.2, 0) is 16.3 Å². The molecule has 0 bridgehead atoms. The first-order chi connectivity index (χ1) is 15.0. The van der Waals surface area contributed by atoms with E-state index in [2.05, 4.69) is 15.6 Å². The Kier molecular flexibility index (Phi) is 10.2. The van der Waals surface area contributed by atoms with Crippen molar-refractivity contribution in [3.05, 3.63) is 54.1 Å². The van der Waals surface area contributed by atoms with Gasteiger partial charge < -0.3 is 20.1 Å². The Morgan fingerprint density at radius 2 is 1.61 bits per heavy atom. The van der Waals surface area contributed by atoms with E-state index >= 15 is 0 Å². The summed E-state index contributed by atoms with van der Waals surface area (Å²) < 4.78 is 35.9. The summed E-state index contributed by atoms with van der Waals surface area (Å²) >= 11 is 0. The molecular formula is C23H33N3O4S. The minimum absolute atomic E-state index is 0.0907. The van der Waals surface area contributed by atoms with E-state index < -0.39 is 9.84 Å². The van der Waals surface area contributed by atoms with Crippen LogP contribution in [0.15, 0.2) is 58.4 Å². The van der Waals surface area contributed by atoms with Crippen molar-refractivity contribution in [2.24, 2.45) is 4.99 Å². The summed E-state index contributed by atoms with van der Waals surface area (Å²) in [7, 11) is -1.56. The van der Waals surface area contributed by atoms with Gasteiger partial charge in [-0.1, -0.05) is 24.3 Å². The number of sulfone groups is 1. The Balaban J connectivity index is 1.77. The molecule has 2 rings (SSSR count). The molecular weight excluding hydrogens is 414 g/mol. The second kappa shape index (κ2) is 12.8. The van der Waals surface area contributed by atoms with Crippen molar-refractivity contribution in [2.45, 2.75) is 31.6 Å². The van der Waals surface area contributed by atoms with Gasteiger partial charge in [0.25, 0.3) is 0 Å². The Morgan fingerprint density at radius 1 is 0.935 bits per heavy atom. The highest BCUT2D eigenvalue weighted by atomic mass is 32.2. The molecule has 0 spiro atoms. The van der Waals surface area contributed by atoms with Crippen LogP contribution in [0.25, 0.3) is 0 Å². The van der Waals surface area contributed by atoms with E-state index in [9.17, 15) is 8.42 Å². The minimum Gasteiger partial charge on any atom is -0.490 e. The smallest absolute Gasteiger partial charge is 0.190 e. The quantitative estimate of drug-likeness (QED) is 0.295. The van der Waals surface area contributed by atoms with Crippen LogP contribution in [0, 0.1) is 0 Å². The first-order valence-electron chi connectivity index (χ1n) is 10.6. The van der Waals surface area contributed by atoms with Gasteiger partial charge in [0.15, 0.2) is 27.3 Å². The molecule has 0 aromatic heterocycles. The molecule has 7 nitrogen and oxygen atoms in total. The second-order valence-corrected chi connectivity index (χ2v) is 8.92. The molecule has 0 atom stereocenters. The maximum atomic E-state index is 12.3. The average Bonchev–Trinajstić information content (AvgIpc) is 2.78. The van der Waals surface area contributed by atoms with E-state index in [0.717, 1.165) is 23.5 Å². The van der Waals surface area contributed by atoms with Crippen LogP contribution in [-0.4, -0.2) is 53.5 Å². The largest absolute Gasteiger partial charge is 0.490 e. The second-order valence-electron chi connectivity index (χ2n) is 6.81. The summed E-state index contributed by atoms with van der Waals surface area (Å²) in [6.45, 7) is 6.27. The predicted molar refractivity (Wildman–Crippen MR) is 125 cm³/mol. The van der Waals surface area contributed by atoms with Crippen molar-refractivity contribution in [3.63, 3.8) is 0 Å². The van der Waals surface area contributed by atoms with Crippen molar-refractivity contribution < 1.29 is 17.9 Å². The fraction of sp³-hybridized carbons (Fsp3) is 0.435. The van der Waals surface area contributed by atoms with Crippen molar-refractivity contribution in [1.82, 2.24) is 10.6 Å². The standard InChI is InChI=1S/C23H33N3O4S/c1-4-29-21-13-12-19(18-22(21)30-5-2)14-16-26-23(24-3)25-15-9-17-31(27,28)20-10-7-6-8-11-20/h6-8,10-13,18H,4-5,9,14-17H2,1-3H3,(H2,24,25,26). The average molecular weight is 448 g/mol. The number of benzene rings is 2. The number of nitrogens with one attached hydrogen (secondary N) is 2. The third kappa shape index (κ3) is 8.13. The number of guanidine groups is 1. The molecule has 2 N–H and O–H groups in total. The lowest BCUT2D eigenvalue weighted by Crippen LogP contribution is -2.39. The number of nitrogens with zero attached hydrogens (tertiary/aromatic N) is 1. The van der Waals surface area contributed by atoms with Crippen LogP contribution in [0.4, 0.5) is 0 Å². The lowest BCUT2D eigenvalue weighted by Gasteiger charge is -2.14. The fourth-order valence-corrected chi connectivity index (χ4v) is 4.34. The van der Waals surface area contributed by atoms with Gasteiger partial charge in [0.2, 0.25) is 0 Å². The summed E-state index contributed by atoms with van der Waals surface area (Å²) in [4.78, 5) is 4.56. The van der Waals surface area contributed by atoms with Crippen molar-refractivity contribution in [2.75, 3.05) is 39.1 Å². The summed E-state index contributed by atoms with van der Waals surface area (Å²) in [5.41, 5.74) is 1.13. The molecule has 2 aromatic rings. The van der Waals surface area contributed by atoms with Crippen LogP contribution < -0.4 is 20.1 Å². The normalized spacial score (nSPS) is 11.8. The predicted octanol–water partition coefficient (Wildman–Crippen LogP) is 3.06. The van der Waals surface area contributed by atoms with Crippen LogP contribution in [0.2, 0.25) is 0 Å². The molecule has 0 amide bonds. The molecule has 170 valence electrons. The number of rotatable bonds is 12. The van der Waals surface area contributed by atoms with Gasteiger partial charge in [-0.25, -0.2) is 8.42 Å². The molecule has 0 saturated heterocycles. The Morgan fingerprint density at radius 3 is 2.29 bits per heavy atom. The number of ether oxygens (including phenoxy) is 2. The molecule has 0 unspecified atom stereocenters. The molecule has 0 saturated carbocycles. The maximum absolute atomic E-state index is 12.3. The SMILES string of the molecule is CCOc1ccc(CCNC(=NC)NCCCS(=O)(=O)c2ccccc2)cc1OCC. The summed E-state index contributed by atoms with van der Waals surface area (Å²) in [6.07, 6.45) is 1.28. The lowest BCUT2D eigenvalue weighted by molar-refractivity contribution is 0.287. The molecule has 0 fully saturated rings.